The van der Waals surface area contributed by atoms with Crippen molar-refractivity contribution in [2.24, 2.45) is 17.3 Å². The number of hydrogen-bond acceptors (Lipinski definition) is 12. The SMILES string of the molecule is C=C[C@@H]1C[C@@]1(NC(=O)[C@@H]1C[C@@H](Oc2cc(-c3csc(NC(C)C)n3)nc3cc(OC)ccc23)CN1C(=O)[C@@H](NC(=O)C1CCCC1)C(C)(C)C)C(=O)NNC(=O)c1cccs1. The zero-order valence-corrected chi connectivity index (χ0v) is 37.0. The number of carbonyl (C=O) groups excluding carboxylic acids is 5. The average Bonchev–Trinajstić information content (AvgIpc) is 3.90. The number of pyridine rings is 1. The molecule has 5 atom stereocenters. The standard InChI is InChI=1S/C44H54N8O7S2/c1-8-26-21-44(26,41(57)51-50-39(55)35-14-11-17-60-35)49-38(54)33-19-28(22-52(33)40(56)36(43(4,5)6)48-37(53)25-12-9-10-13-25)59-34-20-31(32-23-61-42(47-32)45-24(2)3)46-30-18-27(58-7)15-16-29(30)34/h8,11,14-18,20,23-26,28,33,36H,1,9-10,12-13,19,21-22H2,2-7H3,(H,45,47)(H,48,53)(H,49,54)(H,50,55)(H,51,57)/t26-,28-,33+,36-,44+/m1/s1. The number of nitrogens with zero attached hydrogens (tertiary/aromatic N) is 3. The second-order valence-corrected chi connectivity index (χ2v) is 19.2. The molecule has 1 aromatic carbocycles. The van der Waals surface area contributed by atoms with Gasteiger partial charge in [-0.1, -0.05) is 45.8 Å². The van der Waals surface area contributed by atoms with Crippen molar-refractivity contribution in [3.05, 3.63) is 64.7 Å². The summed E-state index contributed by atoms with van der Waals surface area (Å²) in [5, 5.41) is 14.4. The highest BCUT2D eigenvalue weighted by Gasteiger charge is 2.61. The highest BCUT2D eigenvalue weighted by atomic mass is 32.1. The Balaban J connectivity index is 1.19. The summed E-state index contributed by atoms with van der Waals surface area (Å²) in [7, 11) is 1.58. The molecule has 1 saturated heterocycles. The van der Waals surface area contributed by atoms with Gasteiger partial charge in [-0.3, -0.25) is 34.8 Å². The lowest BCUT2D eigenvalue weighted by molar-refractivity contribution is -0.145. The van der Waals surface area contributed by atoms with Crippen molar-refractivity contribution in [2.75, 3.05) is 19.0 Å². The number of fused-ring (bicyclic) bond motifs is 1. The summed E-state index contributed by atoms with van der Waals surface area (Å²) in [5.74, 6) is -1.82. The van der Waals surface area contributed by atoms with Gasteiger partial charge >= 0.3 is 0 Å². The zero-order chi connectivity index (χ0) is 43.6. The van der Waals surface area contributed by atoms with Crippen LogP contribution in [0.5, 0.6) is 11.5 Å². The molecule has 7 rings (SSSR count). The van der Waals surface area contributed by atoms with Crippen LogP contribution in [0.3, 0.4) is 0 Å². The highest BCUT2D eigenvalue weighted by Crippen LogP contribution is 2.45. The van der Waals surface area contributed by atoms with Crippen LogP contribution in [0.2, 0.25) is 0 Å². The quantitative estimate of drug-likeness (QED) is 0.0760. The van der Waals surface area contributed by atoms with Crippen molar-refractivity contribution in [2.45, 2.75) is 103 Å². The second kappa shape index (κ2) is 17.8. The first-order valence-corrected chi connectivity index (χ1v) is 22.4. The Bertz CT molecular complexity index is 2300. The first-order chi connectivity index (χ1) is 29.1. The van der Waals surface area contributed by atoms with E-state index in [1.807, 2.05) is 64.3 Å². The van der Waals surface area contributed by atoms with E-state index in [2.05, 4.69) is 33.4 Å². The molecule has 1 aliphatic heterocycles. The molecule has 3 fully saturated rings. The van der Waals surface area contributed by atoms with Gasteiger partial charge in [-0.05, 0) is 62.1 Å². The topological polar surface area (TPSA) is 193 Å². The maximum atomic E-state index is 14.9. The van der Waals surface area contributed by atoms with E-state index in [0.717, 1.165) is 30.8 Å². The predicted molar refractivity (Wildman–Crippen MR) is 235 cm³/mol. The maximum Gasteiger partial charge on any atom is 0.279 e. The summed E-state index contributed by atoms with van der Waals surface area (Å²) in [6.07, 6.45) is 4.64. The van der Waals surface area contributed by atoms with Crippen molar-refractivity contribution < 1.29 is 33.4 Å². The molecule has 2 aliphatic carbocycles. The lowest BCUT2D eigenvalue weighted by Crippen LogP contribution is -2.61. The molecule has 0 unspecified atom stereocenters. The van der Waals surface area contributed by atoms with Crippen LogP contribution >= 0.6 is 22.7 Å². The van der Waals surface area contributed by atoms with E-state index in [9.17, 15) is 24.0 Å². The van der Waals surface area contributed by atoms with Crippen molar-refractivity contribution in [1.82, 2.24) is 36.4 Å². The van der Waals surface area contributed by atoms with Gasteiger partial charge in [0, 0.05) is 47.2 Å². The van der Waals surface area contributed by atoms with Crippen LogP contribution < -0.4 is 36.3 Å². The summed E-state index contributed by atoms with van der Waals surface area (Å²) < 4.78 is 12.3. The lowest BCUT2D eigenvalue weighted by Gasteiger charge is -2.36. The number of amides is 5. The van der Waals surface area contributed by atoms with Gasteiger partial charge in [-0.25, -0.2) is 9.97 Å². The third-order valence-electron chi connectivity index (χ3n) is 11.5. The Morgan fingerprint density at radius 1 is 1.00 bits per heavy atom. The van der Waals surface area contributed by atoms with Crippen LogP contribution in [0.1, 0.15) is 82.8 Å². The normalized spacial score (nSPS) is 21.8. The number of nitrogens with one attached hydrogen (secondary N) is 5. The molecule has 0 bridgehead atoms. The molecule has 0 radical (unpaired) electrons. The zero-order valence-electron chi connectivity index (χ0n) is 35.3. The van der Waals surface area contributed by atoms with Crippen molar-refractivity contribution in [1.29, 1.82) is 0 Å². The Kier molecular flexibility index (Phi) is 12.7. The van der Waals surface area contributed by atoms with Crippen molar-refractivity contribution >= 4 is 68.2 Å². The number of thiophene rings is 1. The summed E-state index contributed by atoms with van der Waals surface area (Å²) >= 11 is 2.69. The van der Waals surface area contributed by atoms with Crippen LogP contribution in [0.25, 0.3) is 22.3 Å². The molecule has 5 N–H and O–H groups in total. The van der Waals surface area contributed by atoms with Crippen LogP contribution in [-0.4, -0.2) is 87.8 Å². The minimum atomic E-state index is -1.42. The van der Waals surface area contributed by atoms with E-state index in [1.54, 1.807) is 30.7 Å². The Morgan fingerprint density at radius 3 is 2.43 bits per heavy atom. The largest absolute Gasteiger partial charge is 0.497 e. The fourth-order valence-corrected chi connectivity index (χ4v) is 9.56. The molecule has 61 heavy (non-hydrogen) atoms. The smallest absolute Gasteiger partial charge is 0.279 e. The summed E-state index contributed by atoms with van der Waals surface area (Å²) in [4.78, 5) is 81.0. The lowest BCUT2D eigenvalue weighted by atomic mass is 9.85. The number of hydrazine groups is 1. The molecule has 4 heterocycles. The number of hydrogen-bond donors (Lipinski definition) is 5. The minimum Gasteiger partial charge on any atom is -0.497 e. The summed E-state index contributed by atoms with van der Waals surface area (Å²) in [5.41, 5.74) is 4.60. The monoisotopic (exact) mass is 870 g/mol. The maximum absolute atomic E-state index is 14.9. The van der Waals surface area contributed by atoms with E-state index in [4.69, 9.17) is 19.4 Å². The molecule has 15 nitrogen and oxygen atoms in total. The van der Waals surface area contributed by atoms with Gasteiger partial charge in [0.05, 0.1) is 29.7 Å². The number of benzene rings is 1. The number of likely N-dealkylation sites (tertiary alicyclic amines) is 1. The van der Waals surface area contributed by atoms with E-state index in [-0.39, 0.29) is 37.3 Å². The van der Waals surface area contributed by atoms with E-state index >= 15 is 0 Å². The number of thiazole rings is 1. The molecule has 4 aromatic rings. The van der Waals surface area contributed by atoms with Gasteiger partial charge in [0.1, 0.15) is 40.9 Å². The average molecular weight is 871 g/mol. The Hall–Kier alpha value is -5.55. The van der Waals surface area contributed by atoms with Crippen molar-refractivity contribution in [3.63, 3.8) is 0 Å². The number of anilines is 1. The first-order valence-electron chi connectivity index (χ1n) is 20.7. The first kappa shape index (κ1) is 43.5. The minimum absolute atomic E-state index is 0.0121. The van der Waals surface area contributed by atoms with Gasteiger partial charge in [0.25, 0.3) is 11.8 Å². The van der Waals surface area contributed by atoms with E-state index in [0.29, 0.717) is 38.7 Å². The molecule has 324 valence electrons. The molecule has 5 amide bonds. The molecular formula is C44H54N8O7S2. The second-order valence-electron chi connectivity index (χ2n) is 17.4. The van der Waals surface area contributed by atoms with Gasteiger partial charge in [-0.2, -0.15) is 0 Å². The van der Waals surface area contributed by atoms with Crippen LogP contribution in [0, 0.1) is 17.3 Å². The molecule has 17 heteroatoms. The fraction of sp³-hybridized carbons (Fsp3) is 0.477. The van der Waals surface area contributed by atoms with Gasteiger partial charge in [0.15, 0.2) is 5.13 Å². The number of methoxy groups -OCH3 is 1. The molecule has 3 aliphatic rings. The van der Waals surface area contributed by atoms with Gasteiger partial charge in [-0.15, -0.1) is 29.3 Å². The van der Waals surface area contributed by atoms with Crippen LogP contribution in [-0.2, 0) is 19.2 Å². The van der Waals surface area contributed by atoms with E-state index in [1.165, 1.54) is 27.6 Å². The highest BCUT2D eigenvalue weighted by molar-refractivity contribution is 7.14. The number of carbonyl (C=O) groups is 5. The molecule has 2 saturated carbocycles. The predicted octanol–water partition coefficient (Wildman–Crippen LogP) is 5.84. The van der Waals surface area contributed by atoms with Crippen molar-refractivity contribution in [3.8, 4) is 22.9 Å². The molecule has 3 aromatic heterocycles. The van der Waals surface area contributed by atoms with Crippen LogP contribution in [0.4, 0.5) is 5.13 Å². The summed E-state index contributed by atoms with van der Waals surface area (Å²) in [6, 6.07) is 8.78. The fourth-order valence-electron chi connectivity index (χ4n) is 8.09. The summed E-state index contributed by atoms with van der Waals surface area (Å²) in [6.45, 7) is 13.6. The van der Waals surface area contributed by atoms with Crippen LogP contribution in [0.15, 0.2) is 59.8 Å². The van der Waals surface area contributed by atoms with Gasteiger partial charge < -0.3 is 30.3 Å². The number of rotatable bonds is 14. The molecule has 0 spiro atoms. The Morgan fingerprint density at radius 2 is 1.77 bits per heavy atom. The number of aromatic nitrogens is 2. The molecular weight excluding hydrogens is 817 g/mol. The van der Waals surface area contributed by atoms with E-state index < -0.39 is 58.7 Å². The van der Waals surface area contributed by atoms with Gasteiger partial charge in [0.2, 0.25) is 17.7 Å². The third kappa shape index (κ3) is 9.52. The number of ether oxygens (including phenoxy) is 2. The Labute approximate surface area is 363 Å². The third-order valence-corrected chi connectivity index (χ3v) is 13.2.